The van der Waals surface area contributed by atoms with Gasteiger partial charge in [-0.25, -0.2) is 9.97 Å². The average Bonchev–Trinajstić information content (AvgIpc) is 2.57. The minimum atomic E-state index is -0.151. The monoisotopic (exact) mass is 393 g/mol. The van der Waals surface area contributed by atoms with Gasteiger partial charge in [0.1, 0.15) is 5.65 Å². The molecule has 0 aliphatic heterocycles. The highest BCUT2D eigenvalue weighted by Gasteiger charge is 2.18. The topological polar surface area (TPSA) is 47.8 Å². The molecular weight excluding hydrogens is 377 g/mol. The van der Waals surface area contributed by atoms with E-state index in [4.69, 9.17) is 23.2 Å². The van der Waals surface area contributed by atoms with Gasteiger partial charge in [0.2, 0.25) is 0 Å². The molecule has 3 aromatic rings. The Hall–Kier alpha value is -1.56. The molecule has 2 heterocycles. The summed E-state index contributed by atoms with van der Waals surface area (Å²) in [6, 6.07) is 6.99. The number of halogens is 2. The van der Waals surface area contributed by atoms with E-state index in [1.54, 1.807) is 35.0 Å². The zero-order valence-corrected chi connectivity index (χ0v) is 16.4. The maximum absolute atomic E-state index is 13.2. The van der Waals surface area contributed by atoms with Crippen molar-refractivity contribution < 1.29 is 0 Å². The van der Waals surface area contributed by atoms with Crippen LogP contribution in [0.5, 0.6) is 0 Å². The van der Waals surface area contributed by atoms with Crippen LogP contribution in [0, 0.1) is 5.92 Å². The van der Waals surface area contributed by atoms with Crippen LogP contribution in [0.3, 0.4) is 0 Å². The molecule has 25 heavy (non-hydrogen) atoms. The van der Waals surface area contributed by atoms with Crippen molar-refractivity contribution in [2.75, 3.05) is 6.26 Å². The van der Waals surface area contributed by atoms with Crippen molar-refractivity contribution in [2.45, 2.75) is 25.5 Å². The Morgan fingerprint density at radius 3 is 2.52 bits per heavy atom. The largest absolute Gasteiger partial charge is 0.292 e. The lowest BCUT2D eigenvalue weighted by atomic mass is 10.1. The van der Waals surface area contributed by atoms with Crippen LogP contribution < -0.4 is 5.56 Å². The minimum Gasteiger partial charge on any atom is -0.292 e. The van der Waals surface area contributed by atoms with E-state index in [1.165, 1.54) is 11.8 Å². The Bertz CT molecular complexity index is 981. The van der Waals surface area contributed by atoms with Crippen LogP contribution in [-0.4, -0.2) is 20.8 Å². The van der Waals surface area contributed by atoms with E-state index in [9.17, 15) is 4.79 Å². The lowest BCUT2D eigenvalue weighted by Gasteiger charge is -2.15. The van der Waals surface area contributed by atoms with Gasteiger partial charge in [0.15, 0.2) is 5.16 Å². The molecule has 0 amide bonds. The smallest absolute Gasteiger partial charge is 0.260 e. The summed E-state index contributed by atoms with van der Waals surface area (Å²) in [5.41, 5.74) is 1.49. The number of nitrogens with zero attached hydrogens (tertiary/aromatic N) is 3. The van der Waals surface area contributed by atoms with E-state index >= 15 is 0 Å². The van der Waals surface area contributed by atoms with Gasteiger partial charge in [-0.1, -0.05) is 54.9 Å². The second kappa shape index (κ2) is 7.36. The van der Waals surface area contributed by atoms with Crippen LogP contribution in [0.15, 0.2) is 40.4 Å². The van der Waals surface area contributed by atoms with Crippen LogP contribution in [0.2, 0.25) is 10.0 Å². The quantitative estimate of drug-likeness (QED) is 0.454. The fraction of sp³-hybridized carbons (Fsp3) is 0.278. The molecule has 0 saturated heterocycles. The molecule has 0 saturated carbocycles. The van der Waals surface area contributed by atoms with Crippen molar-refractivity contribution in [3.05, 3.63) is 50.9 Å². The number of benzene rings is 1. The normalized spacial score (nSPS) is 11.4. The van der Waals surface area contributed by atoms with Gasteiger partial charge in [0.05, 0.1) is 15.6 Å². The average molecular weight is 394 g/mol. The van der Waals surface area contributed by atoms with Crippen LogP contribution in [0.4, 0.5) is 0 Å². The maximum Gasteiger partial charge on any atom is 0.260 e. The van der Waals surface area contributed by atoms with Gasteiger partial charge in [0.25, 0.3) is 5.56 Å². The van der Waals surface area contributed by atoms with E-state index in [0.717, 1.165) is 5.39 Å². The number of rotatable bonds is 4. The molecule has 0 spiro atoms. The van der Waals surface area contributed by atoms with E-state index in [0.29, 0.717) is 38.5 Å². The maximum atomic E-state index is 13.2. The van der Waals surface area contributed by atoms with Gasteiger partial charge in [-0.05, 0) is 30.4 Å². The molecule has 0 atom stereocenters. The lowest BCUT2D eigenvalue weighted by Crippen LogP contribution is -2.25. The van der Waals surface area contributed by atoms with Gasteiger partial charge in [-0.2, -0.15) is 0 Å². The third kappa shape index (κ3) is 3.54. The Balaban J connectivity index is 2.39. The van der Waals surface area contributed by atoms with Gasteiger partial charge in [-0.3, -0.25) is 9.36 Å². The predicted octanol–water partition coefficient (Wildman–Crippen LogP) is 5.14. The third-order valence-corrected chi connectivity index (χ3v) is 4.96. The number of hydrogen-bond acceptors (Lipinski definition) is 4. The number of thioether (sulfide) groups is 1. The summed E-state index contributed by atoms with van der Waals surface area (Å²) in [5.74, 6) is 0.283. The Morgan fingerprint density at radius 2 is 1.92 bits per heavy atom. The van der Waals surface area contributed by atoms with E-state index in [1.807, 2.05) is 6.26 Å². The molecule has 3 rings (SSSR count). The Kier molecular flexibility index (Phi) is 5.37. The molecule has 130 valence electrons. The third-order valence-electron chi connectivity index (χ3n) is 3.77. The van der Waals surface area contributed by atoms with E-state index < -0.39 is 0 Å². The number of pyridine rings is 1. The minimum absolute atomic E-state index is 0.151. The van der Waals surface area contributed by atoms with Gasteiger partial charge < -0.3 is 0 Å². The molecule has 2 aromatic heterocycles. The Morgan fingerprint density at radius 1 is 1.24 bits per heavy atom. The molecule has 1 aromatic carbocycles. The second-order valence-corrected chi connectivity index (χ2v) is 7.69. The predicted molar refractivity (Wildman–Crippen MR) is 106 cm³/mol. The van der Waals surface area contributed by atoms with Crippen molar-refractivity contribution in [1.82, 2.24) is 14.5 Å². The van der Waals surface area contributed by atoms with Crippen molar-refractivity contribution in [3.8, 4) is 11.1 Å². The molecule has 0 unspecified atom stereocenters. The summed E-state index contributed by atoms with van der Waals surface area (Å²) in [7, 11) is 0. The van der Waals surface area contributed by atoms with Crippen LogP contribution in [-0.2, 0) is 6.54 Å². The fourth-order valence-corrected chi connectivity index (χ4v) is 3.65. The summed E-state index contributed by atoms with van der Waals surface area (Å²) in [6.45, 7) is 4.67. The first-order valence-corrected chi connectivity index (χ1v) is 9.79. The second-order valence-electron chi connectivity index (χ2n) is 6.10. The highest BCUT2D eigenvalue weighted by atomic mass is 35.5. The molecule has 0 fully saturated rings. The van der Waals surface area contributed by atoms with E-state index in [-0.39, 0.29) is 11.5 Å². The van der Waals surface area contributed by atoms with Gasteiger partial charge >= 0.3 is 0 Å². The standard InChI is InChI=1S/C18H17Cl2N3OS/c1-10(2)9-23-16-11(8-21-18(22-16)25-3)7-12(17(23)24)15-13(19)5-4-6-14(15)20/h4-8,10H,9H2,1-3H3. The molecule has 0 aliphatic carbocycles. The van der Waals surface area contributed by atoms with Crippen molar-refractivity contribution in [1.29, 1.82) is 0 Å². The highest BCUT2D eigenvalue weighted by molar-refractivity contribution is 7.98. The fourth-order valence-electron chi connectivity index (χ4n) is 2.71. The van der Waals surface area contributed by atoms with Crippen LogP contribution >= 0.6 is 35.0 Å². The van der Waals surface area contributed by atoms with Crippen molar-refractivity contribution >= 4 is 46.0 Å². The van der Waals surface area contributed by atoms with E-state index in [2.05, 4.69) is 23.8 Å². The first-order valence-electron chi connectivity index (χ1n) is 7.81. The first kappa shape index (κ1) is 18.2. The first-order chi connectivity index (χ1) is 11.9. The molecule has 7 heteroatoms. The SMILES string of the molecule is CSc1ncc2cc(-c3c(Cl)cccc3Cl)c(=O)n(CC(C)C)c2n1. The van der Waals surface area contributed by atoms with Crippen LogP contribution in [0.1, 0.15) is 13.8 Å². The molecule has 0 bridgehead atoms. The molecule has 4 nitrogen and oxygen atoms in total. The van der Waals surface area contributed by atoms with Crippen molar-refractivity contribution in [2.24, 2.45) is 5.92 Å². The lowest BCUT2D eigenvalue weighted by molar-refractivity contribution is 0.520. The summed E-state index contributed by atoms with van der Waals surface area (Å²) >= 11 is 14.1. The number of fused-ring (bicyclic) bond motifs is 1. The molecular formula is C18H17Cl2N3OS. The summed E-state index contributed by atoms with van der Waals surface area (Å²) in [6.07, 6.45) is 3.64. The Labute approximate surface area is 160 Å². The zero-order valence-electron chi connectivity index (χ0n) is 14.1. The summed E-state index contributed by atoms with van der Waals surface area (Å²) in [5, 5.41) is 2.31. The van der Waals surface area contributed by atoms with Crippen LogP contribution in [0.25, 0.3) is 22.2 Å². The highest BCUT2D eigenvalue weighted by Crippen LogP contribution is 2.34. The number of hydrogen-bond donors (Lipinski definition) is 0. The summed E-state index contributed by atoms with van der Waals surface area (Å²) in [4.78, 5) is 22.1. The number of aromatic nitrogens is 3. The zero-order chi connectivity index (χ0) is 18.1. The van der Waals surface area contributed by atoms with Gasteiger partial charge in [-0.15, -0.1) is 0 Å². The molecule has 0 aliphatic rings. The molecule has 0 N–H and O–H groups in total. The van der Waals surface area contributed by atoms with Crippen molar-refractivity contribution in [3.63, 3.8) is 0 Å². The molecule has 0 radical (unpaired) electrons. The summed E-state index contributed by atoms with van der Waals surface area (Å²) < 4.78 is 1.69. The van der Waals surface area contributed by atoms with Gasteiger partial charge in [0, 0.05) is 23.7 Å².